The molecule has 0 spiro atoms. The predicted molar refractivity (Wildman–Crippen MR) is 110 cm³/mol. The van der Waals surface area contributed by atoms with Gasteiger partial charge in [0.15, 0.2) is 14.6 Å². The van der Waals surface area contributed by atoms with Crippen molar-refractivity contribution in [3.63, 3.8) is 0 Å². The molecule has 1 amide bonds. The second-order valence-electron chi connectivity index (χ2n) is 7.28. The van der Waals surface area contributed by atoms with Crippen LogP contribution in [0.3, 0.4) is 0 Å². The molecule has 7 nitrogen and oxygen atoms in total. The van der Waals surface area contributed by atoms with Crippen molar-refractivity contribution in [2.75, 3.05) is 13.2 Å². The normalized spacial score (nSPS) is 16.8. The molecule has 0 atom stereocenters. The first-order chi connectivity index (χ1) is 15.1. The van der Waals surface area contributed by atoms with Crippen LogP contribution in [0.25, 0.3) is 20.8 Å². The van der Waals surface area contributed by atoms with Crippen LogP contribution in [-0.4, -0.2) is 42.5 Å². The molecule has 12 heteroatoms. The topological polar surface area (TPSA) is 106 Å². The molecule has 1 fully saturated rings. The number of benzene rings is 2. The van der Waals surface area contributed by atoms with E-state index in [2.05, 4.69) is 4.98 Å². The zero-order valence-corrected chi connectivity index (χ0v) is 18.0. The molecule has 32 heavy (non-hydrogen) atoms. The molecule has 4 rings (SSSR count). The van der Waals surface area contributed by atoms with Gasteiger partial charge in [-0.25, -0.2) is 18.9 Å². The number of carbonyl (C=O) groups is 1. The van der Waals surface area contributed by atoms with Gasteiger partial charge in [0, 0.05) is 18.8 Å². The van der Waals surface area contributed by atoms with E-state index in [1.165, 1.54) is 35.8 Å². The highest BCUT2D eigenvalue weighted by atomic mass is 32.2. The average molecular weight is 486 g/mol. The third kappa shape index (κ3) is 3.76. The van der Waals surface area contributed by atoms with Crippen molar-refractivity contribution in [1.82, 2.24) is 10.5 Å². The van der Waals surface area contributed by atoms with Crippen molar-refractivity contribution in [3.8, 4) is 10.6 Å². The minimum Gasteiger partial charge on any atom is -0.381 e. The maximum absolute atomic E-state index is 13.4. The number of sulfone groups is 1. The minimum absolute atomic E-state index is 0.0369. The molecule has 2 aromatic carbocycles. The van der Waals surface area contributed by atoms with Crippen molar-refractivity contribution in [1.29, 1.82) is 0 Å². The monoisotopic (exact) mass is 486 g/mol. The Kier molecular flexibility index (Phi) is 5.74. The molecule has 1 aliphatic rings. The van der Waals surface area contributed by atoms with Gasteiger partial charge in [-0.1, -0.05) is 12.1 Å². The lowest BCUT2D eigenvalue weighted by molar-refractivity contribution is -0.137. The van der Waals surface area contributed by atoms with Crippen LogP contribution >= 0.6 is 11.3 Å². The fourth-order valence-electron chi connectivity index (χ4n) is 3.67. The number of aromatic nitrogens is 1. The number of rotatable bonds is 4. The molecular weight excluding hydrogens is 469 g/mol. The van der Waals surface area contributed by atoms with Gasteiger partial charge in [-0.05, 0) is 43.2 Å². The maximum atomic E-state index is 13.4. The number of thiazole rings is 1. The van der Waals surface area contributed by atoms with Crippen LogP contribution in [0.5, 0.6) is 0 Å². The van der Waals surface area contributed by atoms with Gasteiger partial charge >= 0.3 is 6.18 Å². The Morgan fingerprint density at radius 1 is 1.16 bits per heavy atom. The smallest absolute Gasteiger partial charge is 0.381 e. The minimum atomic E-state index is -4.50. The van der Waals surface area contributed by atoms with E-state index in [1.807, 2.05) is 0 Å². The highest BCUT2D eigenvalue weighted by Gasteiger charge is 2.52. The zero-order valence-electron chi connectivity index (χ0n) is 16.3. The van der Waals surface area contributed by atoms with Crippen molar-refractivity contribution in [2.45, 2.75) is 28.7 Å². The number of fused-ring (bicyclic) bond motifs is 1. The number of carbonyl (C=O) groups excluding carboxylic acids is 1. The molecule has 3 aromatic rings. The van der Waals surface area contributed by atoms with Gasteiger partial charge in [-0.3, -0.25) is 10.0 Å². The first-order valence-corrected chi connectivity index (χ1v) is 11.7. The number of amides is 1. The van der Waals surface area contributed by atoms with Crippen LogP contribution < -0.4 is 5.48 Å². The van der Waals surface area contributed by atoms with Crippen molar-refractivity contribution < 1.29 is 36.3 Å². The number of hydrogen-bond donors (Lipinski definition) is 2. The first kappa shape index (κ1) is 22.6. The molecule has 2 N–H and O–H groups in total. The molecule has 1 aliphatic heterocycles. The molecule has 0 radical (unpaired) electrons. The summed E-state index contributed by atoms with van der Waals surface area (Å²) in [4.78, 5) is 16.6. The van der Waals surface area contributed by atoms with E-state index in [0.29, 0.717) is 15.2 Å². The highest BCUT2D eigenvalue weighted by Crippen LogP contribution is 2.39. The van der Waals surface area contributed by atoms with Gasteiger partial charge in [0.25, 0.3) is 5.91 Å². The van der Waals surface area contributed by atoms with Gasteiger partial charge in [-0.2, -0.15) is 13.2 Å². The predicted octanol–water partition coefficient (Wildman–Crippen LogP) is 3.81. The molecule has 1 aromatic heterocycles. The molecule has 0 aliphatic carbocycles. The second-order valence-corrected chi connectivity index (χ2v) is 10.6. The number of halogens is 3. The zero-order chi connectivity index (χ0) is 23.1. The Morgan fingerprint density at radius 3 is 2.53 bits per heavy atom. The number of hydrogen-bond acceptors (Lipinski definition) is 7. The Hall–Kier alpha value is -2.54. The summed E-state index contributed by atoms with van der Waals surface area (Å²) in [5.74, 6) is -1.03. The van der Waals surface area contributed by atoms with E-state index >= 15 is 0 Å². The largest absolute Gasteiger partial charge is 0.416 e. The van der Waals surface area contributed by atoms with Gasteiger partial charge in [-0.15, -0.1) is 11.3 Å². The summed E-state index contributed by atoms with van der Waals surface area (Å²) < 4.78 is 69.7. The summed E-state index contributed by atoms with van der Waals surface area (Å²) >= 11 is 1.04. The fraction of sp³-hybridized carbons (Fsp3) is 0.300. The highest BCUT2D eigenvalue weighted by molar-refractivity contribution is 7.93. The molecule has 0 saturated carbocycles. The van der Waals surface area contributed by atoms with Crippen LogP contribution in [0.1, 0.15) is 18.4 Å². The molecule has 170 valence electrons. The van der Waals surface area contributed by atoms with Crippen LogP contribution in [0.2, 0.25) is 0 Å². The van der Waals surface area contributed by atoms with Crippen molar-refractivity contribution in [2.24, 2.45) is 0 Å². The molecule has 1 saturated heterocycles. The van der Waals surface area contributed by atoms with Gasteiger partial charge < -0.3 is 4.74 Å². The summed E-state index contributed by atoms with van der Waals surface area (Å²) in [6, 6.07) is 8.81. The van der Waals surface area contributed by atoms with Crippen molar-refractivity contribution >= 4 is 37.3 Å². The summed E-state index contributed by atoms with van der Waals surface area (Å²) in [7, 11) is -4.23. The number of nitrogens with one attached hydrogen (secondary N) is 1. The summed E-state index contributed by atoms with van der Waals surface area (Å²) in [5, 5.41) is 9.45. The van der Waals surface area contributed by atoms with E-state index in [0.717, 1.165) is 23.5 Å². The average Bonchev–Trinajstić information content (AvgIpc) is 3.22. The van der Waals surface area contributed by atoms with Gasteiger partial charge in [0.2, 0.25) is 0 Å². The number of nitrogens with zero attached hydrogens (tertiary/aromatic N) is 1. The molecule has 0 unspecified atom stereocenters. The SMILES string of the molecule is O=C(NO)C1(S(=O)(=O)c2ccc3nc(-c4cccc(C(F)(F)F)c4)sc3c2)CCOCC1. The fourth-order valence-corrected chi connectivity index (χ4v) is 6.71. The first-order valence-electron chi connectivity index (χ1n) is 9.44. The van der Waals surface area contributed by atoms with Crippen LogP contribution in [-0.2, 0) is 25.5 Å². The standard InChI is InChI=1S/C20H17F3N2O5S2/c21-20(22,23)13-3-1-2-12(10-13)17-24-15-5-4-14(11-16(15)31-17)32(28,29)19(18(26)25-27)6-8-30-9-7-19/h1-5,10-11,27H,6-9H2,(H,25,26). The summed E-state index contributed by atoms with van der Waals surface area (Å²) in [6.45, 7) is 0.0737. The Balaban J connectivity index is 1.77. The lowest BCUT2D eigenvalue weighted by Crippen LogP contribution is -2.54. The van der Waals surface area contributed by atoms with Crippen LogP contribution in [0, 0.1) is 0 Å². The Bertz CT molecular complexity index is 1280. The lowest BCUT2D eigenvalue weighted by Gasteiger charge is -2.34. The third-order valence-electron chi connectivity index (χ3n) is 5.44. The lowest BCUT2D eigenvalue weighted by atomic mass is 9.98. The van der Waals surface area contributed by atoms with E-state index in [-0.39, 0.29) is 36.5 Å². The van der Waals surface area contributed by atoms with Gasteiger partial charge in [0.1, 0.15) is 5.01 Å². The number of alkyl halides is 3. The number of ether oxygens (including phenoxy) is 1. The van der Waals surface area contributed by atoms with Crippen LogP contribution in [0.4, 0.5) is 13.2 Å². The van der Waals surface area contributed by atoms with E-state index in [1.54, 1.807) is 0 Å². The Labute approximate surface area is 184 Å². The van der Waals surface area contributed by atoms with Crippen molar-refractivity contribution in [3.05, 3.63) is 48.0 Å². The van der Waals surface area contributed by atoms with E-state index in [9.17, 15) is 26.4 Å². The molecule has 0 bridgehead atoms. The maximum Gasteiger partial charge on any atom is 0.416 e. The van der Waals surface area contributed by atoms with E-state index < -0.39 is 32.2 Å². The quantitative estimate of drug-likeness (QED) is 0.429. The molecule has 2 heterocycles. The molecular formula is C20H17F3N2O5S2. The second kappa shape index (κ2) is 8.10. The van der Waals surface area contributed by atoms with E-state index in [4.69, 9.17) is 9.94 Å². The number of hydroxylamine groups is 1. The summed E-state index contributed by atoms with van der Waals surface area (Å²) in [5.41, 5.74) is 1.31. The summed E-state index contributed by atoms with van der Waals surface area (Å²) in [6.07, 6.45) is -4.75. The Morgan fingerprint density at radius 2 is 1.88 bits per heavy atom. The third-order valence-corrected chi connectivity index (χ3v) is 9.00. The van der Waals surface area contributed by atoms with Gasteiger partial charge in [0.05, 0.1) is 20.7 Å². The van der Waals surface area contributed by atoms with Crippen LogP contribution in [0.15, 0.2) is 47.4 Å².